The highest BCUT2D eigenvalue weighted by Crippen LogP contribution is 2.30. The van der Waals surface area contributed by atoms with Gasteiger partial charge in [0.15, 0.2) is 0 Å². The fourth-order valence-corrected chi connectivity index (χ4v) is 4.25. The highest BCUT2D eigenvalue weighted by molar-refractivity contribution is 7.89. The maximum absolute atomic E-state index is 13.3. The Morgan fingerprint density at radius 1 is 1.07 bits per heavy atom. The molecule has 27 heavy (non-hydrogen) atoms. The zero-order valence-corrected chi connectivity index (χ0v) is 16.8. The number of hydrogen-bond donors (Lipinski definition) is 1. The van der Waals surface area contributed by atoms with Gasteiger partial charge in [0.1, 0.15) is 0 Å². The van der Waals surface area contributed by atoms with Crippen LogP contribution in [0.25, 0.3) is 0 Å². The van der Waals surface area contributed by atoms with Crippen molar-refractivity contribution in [3.63, 3.8) is 0 Å². The van der Waals surface area contributed by atoms with E-state index in [2.05, 4.69) is 13.8 Å². The summed E-state index contributed by atoms with van der Waals surface area (Å²) in [5.74, 6) is 0.0337. The number of carbonyl (C=O) groups is 1. The monoisotopic (exact) mass is 386 g/mol. The summed E-state index contributed by atoms with van der Waals surface area (Å²) in [5, 5.41) is 5.25. The van der Waals surface area contributed by atoms with Crippen molar-refractivity contribution in [1.29, 1.82) is 0 Å². The lowest BCUT2D eigenvalue weighted by Gasteiger charge is -2.33. The van der Waals surface area contributed by atoms with E-state index in [-0.39, 0.29) is 22.6 Å². The van der Waals surface area contributed by atoms with E-state index in [4.69, 9.17) is 5.14 Å². The number of sulfonamides is 1. The van der Waals surface area contributed by atoms with Crippen LogP contribution in [-0.4, -0.2) is 25.8 Å². The smallest absolute Gasteiger partial charge is 0.238 e. The fraction of sp³-hybridized carbons (Fsp3) is 0.381. The molecule has 1 atom stereocenters. The molecule has 0 aliphatic carbocycles. The summed E-state index contributed by atoms with van der Waals surface area (Å²) >= 11 is 0. The number of benzene rings is 2. The van der Waals surface area contributed by atoms with E-state index in [9.17, 15) is 13.2 Å². The molecule has 5 nitrogen and oxygen atoms in total. The van der Waals surface area contributed by atoms with E-state index in [0.29, 0.717) is 19.5 Å². The van der Waals surface area contributed by atoms with E-state index in [0.717, 1.165) is 22.3 Å². The molecule has 1 amide bonds. The summed E-state index contributed by atoms with van der Waals surface area (Å²) in [6.07, 6.45) is 0.713. The van der Waals surface area contributed by atoms with Gasteiger partial charge < -0.3 is 4.90 Å². The summed E-state index contributed by atoms with van der Waals surface area (Å²) in [7, 11) is -3.75. The number of aryl methyl sites for hydroxylation is 1. The van der Waals surface area contributed by atoms with Gasteiger partial charge in [-0.2, -0.15) is 0 Å². The van der Waals surface area contributed by atoms with Crippen LogP contribution in [0.5, 0.6) is 0 Å². The van der Waals surface area contributed by atoms with Gasteiger partial charge in [0.05, 0.1) is 10.8 Å². The third-order valence-corrected chi connectivity index (χ3v) is 6.11. The van der Waals surface area contributed by atoms with Crippen LogP contribution in [0.1, 0.15) is 42.0 Å². The molecule has 1 aliphatic rings. The number of nitrogens with two attached hydrogens (primary N) is 1. The Bertz CT molecular complexity index is 950. The lowest BCUT2D eigenvalue weighted by Crippen LogP contribution is -2.40. The van der Waals surface area contributed by atoms with Gasteiger partial charge in [-0.05, 0) is 48.1 Å². The zero-order valence-electron chi connectivity index (χ0n) is 16.0. The first-order valence-electron chi connectivity index (χ1n) is 9.17. The Morgan fingerprint density at radius 2 is 1.74 bits per heavy atom. The number of hydrogen-bond acceptors (Lipinski definition) is 3. The average Bonchev–Trinajstić information content (AvgIpc) is 2.61. The molecule has 1 heterocycles. The topological polar surface area (TPSA) is 80.5 Å². The summed E-state index contributed by atoms with van der Waals surface area (Å²) in [6.45, 7) is 7.18. The van der Waals surface area contributed by atoms with Crippen molar-refractivity contribution in [3.05, 3.63) is 64.7 Å². The van der Waals surface area contributed by atoms with Gasteiger partial charge in [-0.15, -0.1) is 0 Å². The predicted molar refractivity (Wildman–Crippen MR) is 106 cm³/mol. The second kappa shape index (κ2) is 7.44. The summed E-state index contributed by atoms with van der Waals surface area (Å²) in [5.41, 5.74) is 4.11. The fourth-order valence-electron chi connectivity index (χ4n) is 3.68. The molecule has 0 bridgehead atoms. The van der Waals surface area contributed by atoms with E-state index >= 15 is 0 Å². The van der Waals surface area contributed by atoms with Gasteiger partial charge in [-0.3, -0.25) is 4.79 Å². The maximum Gasteiger partial charge on any atom is 0.238 e. The van der Waals surface area contributed by atoms with Crippen LogP contribution in [0.2, 0.25) is 0 Å². The van der Waals surface area contributed by atoms with Crippen molar-refractivity contribution in [1.82, 2.24) is 4.90 Å². The molecule has 2 aromatic carbocycles. The van der Waals surface area contributed by atoms with E-state index in [1.165, 1.54) is 6.07 Å². The Balaban J connectivity index is 1.88. The highest BCUT2D eigenvalue weighted by Gasteiger charge is 2.31. The van der Waals surface area contributed by atoms with Gasteiger partial charge in [0.2, 0.25) is 15.9 Å². The SMILES string of the molecule is Cc1ccc(C(C(=O)N2CCc3ccc(S(N)(=O)=O)cc3C2)C(C)C)cc1. The Morgan fingerprint density at radius 3 is 2.33 bits per heavy atom. The Labute approximate surface area is 161 Å². The number of nitrogens with zero attached hydrogens (tertiary/aromatic N) is 1. The first-order valence-corrected chi connectivity index (χ1v) is 10.7. The Kier molecular flexibility index (Phi) is 5.40. The first-order chi connectivity index (χ1) is 12.7. The molecule has 0 radical (unpaired) electrons. The molecule has 0 fully saturated rings. The minimum Gasteiger partial charge on any atom is -0.337 e. The summed E-state index contributed by atoms with van der Waals surface area (Å²) < 4.78 is 23.3. The average molecular weight is 387 g/mol. The molecule has 6 heteroatoms. The molecular weight excluding hydrogens is 360 g/mol. The van der Waals surface area contributed by atoms with Crippen molar-refractivity contribution >= 4 is 15.9 Å². The number of rotatable bonds is 4. The molecule has 0 saturated heterocycles. The molecule has 2 N–H and O–H groups in total. The van der Waals surface area contributed by atoms with Crippen LogP contribution in [-0.2, 0) is 27.8 Å². The number of primary sulfonamides is 1. The molecular formula is C21H26N2O3S. The predicted octanol–water partition coefficient (Wildman–Crippen LogP) is 2.97. The minimum atomic E-state index is -3.75. The third kappa shape index (κ3) is 4.22. The maximum atomic E-state index is 13.3. The molecule has 0 spiro atoms. The van der Waals surface area contributed by atoms with Crippen molar-refractivity contribution in [3.8, 4) is 0 Å². The van der Waals surface area contributed by atoms with Gasteiger partial charge in [0.25, 0.3) is 0 Å². The normalized spacial score (nSPS) is 15.5. The first kappa shape index (κ1) is 19.6. The van der Waals surface area contributed by atoms with Crippen LogP contribution < -0.4 is 5.14 Å². The van der Waals surface area contributed by atoms with Crippen LogP contribution in [0.4, 0.5) is 0 Å². The molecule has 0 saturated carbocycles. The largest absolute Gasteiger partial charge is 0.337 e. The molecule has 2 aromatic rings. The van der Waals surface area contributed by atoms with Crippen molar-refractivity contribution in [2.24, 2.45) is 11.1 Å². The zero-order chi connectivity index (χ0) is 19.8. The highest BCUT2D eigenvalue weighted by atomic mass is 32.2. The summed E-state index contributed by atoms with van der Waals surface area (Å²) in [4.78, 5) is 15.2. The second-order valence-electron chi connectivity index (χ2n) is 7.62. The quantitative estimate of drug-likeness (QED) is 0.877. The van der Waals surface area contributed by atoms with E-state index in [1.54, 1.807) is 12.1 Å². The van der Waals surface area contributed by atoms with E-state index < -0.39 is 10.0 Å². The number of carbonyl (C=O) groups excluding carboxylic acids is 1. The molecule has 1 unspecified atom stereocenters. The van der Waals surface area contributed by atoms with Crippen molar-refractivity contribution < 1.29 is 13.2 Å². The third-order valence-electron chi connectivity index (χ3n) is 5.20. The lowest BCUT2D eigenvalue weighted by molar-refractivity contribution is -0.134. The van der Waals surface area contributed by atoms with Crippen molar-refractivity contribution in [2.75, 3.05) is 6.54 Å². The standard InChI is InChI=1S/C21H26N2O3S/c1-14(2)20(17-6-4-15(3)5-7-17)21(24)23-11-10-16-8-9-19(27(22,25)26)12-18(16)13-23/h4-9,12,14,20H,10-11,13H2,1-3H3,(H2,22,25,26). The van der Waals surface area contributed by atoms with Crippen LogP contribution >= 0.6 is 0 Å². The minimum absolute atomic E-state index is 0.0838. The molecule has 1 aliphatic heterocycles. The molecule has 0 aromatic heterocycles. The number of amides is 1. The second-order valence-corrected chi connectivity index (χ2v) is 9.18. The number of fused-ring (bicyclic) bond motifs is 1. The van der Waals surface area contributed by atoms with Gasteiger partial charge in [-0.1, -0.05) is 49.7 Å². The van der Waals surface area contributed by atoms with Gasteiger partial charge in [0, 0.05) is 13.1 Å². The van der Waals surface area contributed by atoms with Crippen LogP contribution in [0, 0.1) is 12.8 Å². The van der Waals surface area contributed by atoms with Gasteiger partial charge in [-0.25, -0.2) is 13.6 Å². The van der Waals surface area contributed by atoms with E-state index in [1.807, 2.05) is 36.1 Å². The Hall–Kier alpha value is -2.18. The molecule has 3 rings (SSSR count). The summed E-state index contributed by atoms with van der Waals surface area (Å²) in [6, 6.07) is 13.0. The van der Waals surface area contributed by atoms with Crippen LogP contribution in [0.15, 0.2) is 47.4 Å². The molecule has 144 valence electrons. The van der Waals surface area contributed by atoms with Gasteiger partial charge >= 0.3 is 0 Å². The van der Waals surface area contributed by atoms with Crippen molar-refractivity contribution in [2.45, 2.75) is 44.6 Å². The van der Waals surface area contributed by atoms with Crippen LogP contribution in [0.3, 0.4) is 0 Å². The lowest BCUT2D eigenvalue weighted by atomic mass is 9.86.